The van der Waals surface area contributed by atoms with Crippen LogP contribution in [0.25, 0.3) is 0 Å². The van der Waals surface area contributed by atoms with E-state index >= 15 is 0 Å². The third kappa shape index (κ3) is 4.43. The Morgan fingerprint density at radius 2 is 2.35 bits per heavy atom. The van der Waals surface area contributed by atoms with Crippen LogP contribution in [0, 0.1) is 5.41 Å². The van der Waals surface area contributed by atoms with E-state index < -0.39 is 0 Å². The van der Waals surface area contributed by atoms with E-state index in [4.69, 9.17) is 10.5 Å². The lowest BCUT2D eigenvalue weighted by atomic mass is 9.72. The molecular formula is C13H22BrNO2. The van der Waals surface area contributed by atoms with Crippen molar-refractivity contribution in [1.29, 1.82) is 0 Å². The second kappa shape index (κ2) is 7.17. The van der Waals surface area contributed by atoms with E-state index in [-0.39, 0.29) is 11.3 Å². The number of primary amides is 1. The van der Waals surface area contributed by atoms with Crippen LogP contribution in [0.3, 0.4) is 0 Å². The van der Waals surface area contributed by atoms with Gasteiger partial charge in [0.25, 0.3) is 0 Å². The molecule has 0 aromatic heterocycles. The number of allylic oxidation sites excluding steroid dienone is 2. The molecule has 0 radical (unpaired) electrons. The Morgan fingerprint density at radius 3 is 2.94 bits per heavy atom. The summed E-state index contributed by atoms with van der Waals surface area (Å²) in [5.41, 5.74) is 5.35. The lowest BCUT2D eigenvalue weighted by molar-refractivity contribution is -0.120. The Bertz CT molecular complexity index is 291. The fourth-order valence-corrected chi connectivity index (χ4v) is 3.32. The predicted octanol–water partition coefficient (Wildman–Crippen LogP) is 3.13. The second-order valence-electron chi connectivity index (χ2n) is 4.82. The molecule has 2 N–H and O–H groups in total. The zero-order chi connectivity index (χ0) is 12.7. The van der Waals surface area contributed by atoms with Crippen LogP contribution < -0.4 is 5.73 Å². The maximum Gasteiger partial charge on any atom is 0.218 e. The normalized spacial score (nSPS) is 24.5. The van der Waals surface area contributed by atoms with Gasteiger partial charge in [0.2, 0.25) is 5.91 Å². The van der Waals surface area contributed by atoms with Gasteiger partial charge in [-0.25, -0.2) is 0 Å². The van der Waals surface area contributed by atoms with Crippen LogP contribution in [-0.2, 0) is 9.53 Å². The van der Waals surface area contributed by atoms with Gasteiger partial charge in [-0.2, -0.15) is 0 Å². The Labute approximate surface area is 112 Å². The van der Waals surface area contributed by atoms with E-state index in [9.17, 15) is 4.79 Å². The first-order valence-electron chi connectivity index (χ1n) is 6.24. The monoisotopic (exact) mass is 303 g/mol. The average Bonchev–Trinajstić information content (AvgIpc) is 2.28. The number of unbranched alkanes of at least 4 members (excludes halogenated alkanes) is 1. The van der Waals surface area contributed by atoms with Crippen LogP contribution in [0.1, 0.15) is 44.9 Å². The van der Waals surface area contributed by atoms with Crippen LogP contribution in [0.4, 0.5) is 0 Å². The number of nitrogens with two attached hydrogens (primary N) is 1. The molecule has 1 aliphatic rings. The van der Waals surface area contributed by atoms with Crippen molar-refractivity contribution in [3.8, 4) is 0 Å². The summed E-state index contributed by atoms with van der Waals surface area (Å²) in [7, 11) is 1.72. The molecule has 0 unspecified atom stereocenters. The first-order valence-corrected chi connectivity index (χ1v) is 7.03. The summed E-state index contributed by atoms with van der Waals surface area (Å²) < 4.78 is 6.23. The molecule has 4 heteroatoms. The number of ether oxygens (including phenoxy) is 1. The van der Waals surface area contributed by atoms with E-state index in [2.05, 4.69) is 22.0 Å². The molecule has 1 rings (SSSR count). The molecule has 17 heavy (non-hydrogen) atoms. The zero-order valence-electron chi connectivity index (χ0n) is 10.5. The van der Waals surface area contributed by atoms with Gasteiger partial charge in [-0.1, -0.05) is 28.4 Å². The molecule has 1 aliphatic carbocycles. The van der Waals surface area contributed by atoms with Crippen LogP contribution in [0.15, 0.2) is 10.6 Å². The van der Waals surface area contributed by atoms with Gasteiger partial charge in [-0.05, 0) is 36.6 Å². The van der Waals surface area contributed by atoms with Crippen molar-refractivity contribution in [1.82, 2.24) is 0 Å². The summed E-state index contributed by atoms with van der Waals surface area (Å²) in [6, 6.07) is 0. The molecule has 0 aromatic rings. The first kappa shape index (κ1) is 14.7. The smallest absolute Gasteiger partial charge is 0.218 e. The van der Waals surface area contributed by atoms with E-state index in [1.54, 1.807) is 7.11 Å². The Balaban J connectivity index is 2.62. The molecule has 0 bridgehead atoms. The summed E-state index contributed by atoms with van der Waals surface area (Å²) in [6.45, 7) is 0.786. The third-order valence-electron chi connectivity index (χ3n) is 3.46. The fourth-order valence-electron chi connectivity index (χ4n) is 2.55. The SMILES string of the molecule is COCCCC[C@@]1(CC(N)=O)CCCC=C1Br. The Kier molecular flexibility index (Phi) is 6.20. The quantitative estimate of drug-likeness (QED) is 0.735. The standard InChI is InChI=1S/C13H22BrNO2/c1-17-9-5-4-8-13(10-12(15)16)7-3-2-6-11(13)14/h6H,2-5,7-10H2,1H3,(H2,15,16)/t13-/m1/s1. The number of rotatable bonds is 7. The summed E-state index contributed by atoms with van der Waals surface area (Å²) in [5.74, 6) is -0.205. The van der Waals surface area contributed by atoms with Crippen LogP contribution in [0.2, 0.25) is 0 Å². The van der Waals surface area contributed by atoms with Gasteiger partial charge in [0.15, 0.2) is 0 Å². The minimum Gasteiger partial charge on any atom is -0.385 e. The molecule has 0 saturated heterocycles. The fraction of sp³-hybridized carbons (Fsp3) is 0.769. The molecule has 1 amide bonds. The molecule has 0 aromatic carbocycles. The average molecular weight is 304 g/mol. The highest BCUT2D eigenvalue weighted by atomic mass is 79.9. The number of hydrogen-bond acceptors (Lipinski definition) is 2. The number of carbonyl (C=O) groups excluding carboxylic acids is 1. The third-order valence-corrected chi connectivity index (χ3v) is 4.62. The molecule has 3 nitrogen and oxygen atoms in total. The summed E-state index contributed by atoms with van der Waals surface area (Å²) in [4.78, 5) is 11.3. The first-order chi connectivity index (χ1) is 8.10. The van der Waals surface area contributed by atoms with E-state index in [1.807, 2.05) is 0 Å². The molecule has 0 aliphatic heterocycles. The number of halogens is 1. The Morgan fingerprint density at radius 1 is 1.59 bits per heavy atom. The van der Waals surface area contributed by atoms with E-state index in [0.29, 0.717) is 6.42 Å². The van der Waals surface area contributed by atoms with Gasteiger partial charge in [0.05, 0.1) is 0 Å². The lowest BCUT2D eigenvalue weighted by Crippen LogP contribution is -2.30. The molecule has 0 spiro atoms. The Hall–Kier alpha value is -0.350. The number of amides is 1. The maximum atomic E-state index is 11.3. The minimum atomic E-state index is -0.205. The van der Waals surface area contributed by atoms with Crippen LogP contribution >= 0.6 is 15.9 Å². The van der Waals surface area contributed by atoms with Crippen LogP contribution in [-0.4, -0.2) is 19.6 Å². The zero-order valence-corrected chi connectivity index (χ0v) is 12.1. The highest BCUT2D eigenvalue weighted by molar-refractivity contribution is 9.11. The van der Waals surface area contributed by atoms with Crippen molar-refractivity contribution in [3.05, 3.63) is 10.6 Å². The summed E-state index contributed by atoms with van der Waals surface area (Å²) >= 11 is 3.63. The largest absolute Gasteiger partial charge is 0.385 e. The molecular weight excluding hydrogens is 282 g/mol. The van der Waals surface area contributed by atoms with Crippen molar-refractivity contribution >= 4 is 21.8 Å². The van der Waals surface area contributed by atoms with E-state index in [0.717, 1.165) is 45.1 Å². The molecule has 1 atom stereocenters. The van der Waals surface area contributed by atoms with Crippen molar-refractivity contribution in [2.75, 3.05) is 13.7 Å². The summed E-state index contributed by atoms with van der Waals surface area (Å²) in [5, 5.41) is 0. The van der Waals surface area contributed by atoms with Gasteiger partial charge in [0, 0.05) is 25.6 Å². The maximum absolute atomic E-state index is 11.3. The highest BCUT2D eigenvalue weighted by Gasteiger charge is 2.35. The molecule has 0 heterocycles. The van der Waals surface area contributed by atoms with Crippen molar-refractivity contribution in [3.63, 3.8) is 0 Å². The van der Waals surface area contributed by atoms with Gasteiger partial charge < -0.3 is 10.5 Å². The van der Waals surface area contributed by atoms with Gasteiger partial charge in [-0.3, -0.25) is 4.79 Å². The second-order valence-corrected chi connectivity index (χ2v) is 5.67. The van der Waals surface area contributed by atoms with Crippen LogP contribution in [0.5, 0.6) is 0 Å². The number of methoxy groups -OCH3 is 1. The van der Waals surface area contributed by atoms with Crippen molar-refractivity contribution in [2.24, 2.45) is 11.1 Å². The lowest BCUT2D eigenvalue weighted by Gasteiger charge is -2.36. The number of hydrogen-bond donors (Lipinski definition) is 1. The summed E-state index contributed by atoms with van der Waals surface area (Å²) in [6.07, 6.45) is 9.07. The minimum absolute atomic E-state index is 0.0438. The molecule has 0 fully saturated rings. The van der Waals surface area contributed by atoms with Crippen molar-refractivity contribution in [2.45, 2.75) is 44.9 Å². The van der Waals surface area contributed by atoms with Gasteiger partial charge in [-0.15, -0.1) is 0 Å². The predicted molar refractivity (Wildman–Crippen MR) is 72.8 cm³/mol. The number of carbonyl (C=O) groups is 1. The topological polar surface area (TPSA) is 52.3 Å². The van der Waals surface area contributed by atoms with Gasteiger partial charge >= 0.3 is 0 Å². The highest BCUT2D eigenvalue weighted by Crippen LogP contribution is 2.47. The van der Waals surface area contributed by atoms with Crippen molar-refractivity contribution < 1.29 is 9.53 Å². The van der Waals surface area contributed by atoms with Gasteiger partial charge in [0.1, 0.15) is 0 Å². The molecule has 0 saturated carbocycles. The van der Waals surface area contributed by atoms with E-state index in [1.165, 1.54) is 4.48 Å². The molecule has 98 valence electrons.